The van der Waals surface area contributed by atoms with E-state index in [1.165, 1.54) is 6.92 Å². The van der Waals surface area contributed by atoms with Gasteiger partial charge < -0.3 is 10.4 Å². The molecule has 1 amide bonds. The van der Waals surface area contributed by atoms with E-state index in [0.29, 0.717) is 0 Å². The molecule has 0 aromatic carbocycles. The maximum absolute atomic E-state index is 10.9. The largest absolute Gasteiger partial charge is 0.480 e. The van der Waals surface area contributed by atoms with E-state index < -0.39 is 12.0 Å². The third kappa shape index (κ3) is 2.47. The first-order valence-corrected chi connectivity index (χ1v) is 4.82. The van der Waals surface area contributed by atoms with Crippen LogP contribution in [0.1, 0.15) is 33.6 Å². The first-order valence-electron chi connectivity index (χ1n) is 4.82. The molecule has 4 heteroatoms. The summed E-state index contributed by atoms with van der Waals surface area (Å²) in [5, 5.41) is 11.4. The number of hydrogen-bond donors (Lipinski definition) is 2. The highest BCUT2D eigenvalue weighted by atomic mass is 16.4. The van der Waals surface area contributed by atoms with E-state index in [1.807, 2.05) is 0 Å². The van der Waals surface area contributed by atoms with Crippen molar-refractivity contribution < 1.29 is 14.7 Å². The fourth-order valence-corrected chi connectivity index (χ4v) is 2.20. The maximum Gasteiger partial charge on any atom is 0.326 e. The molecular weight excluding hydrogens is 182 g/mol. The van der Waals surface area contributed by atoms with Crippen LogP contribution >= 0.6 is 0 Å². The van der Waals surface area contributed by atoms with Crippen molar-refractivity contribution in [2.24, 2.45) is 11.3 Å². The molecule has 0 aromatic heterocycles. The zero-order chi connectivity index (χ0) is 10.9. The van der Waals surface area contributed by atoms with Gasteiger partial charge in [-0.2, -0.15) is 0 Å². The van der Waals surface area contributed by atoms with Crippen molar-refractivity contribution >= 4 is 11.9 Å². The predicted molar refractivity (Wildman–Crippen MR) is 51.7 cm³/mol. The van der Waals surface area contributed by atoms with Gasteiger partial charge in [0, 0.05) is 6.92 Å². The van der Waals surface area contributed by atoms with Gasteiger partial charge in [-0.3, -0.25) is 4.79 Å². The molecule has 1 aliphatic rings. The smallest absolute Gasteiger partial charge is 0.326 e. The lowest BCUT2D eigenvalue weighted by molar-refractivity contribution is -0.145. The number of carboxylic acids is 1. The molecule has 1 fully saturated rings. The van der Waals surface area contributed by atoms with Gasteiger partial charge in [-0.25, -0.2) is 4.79 Å². The molecule has 2 N–H and O–H groups in total. The second kappa shape index (κ2) is 3.59. The normalized spacial score (nSPS) is 22.2. The molecule has 1 rings (SSSR count). The number of carboxylic acid groups (broad SMARTS) is 1. The highest BCUT2D eigenvalue weighted by molar-refractivity contribution is 5.82. The Balaban J connectivity index is 2.54. The minimum Gasteiger partial charge on any atom is -0.480 e. The predicted octanol–water partition coefficient (Wildman–Crippen LogP) is 1.01. The fraction of sp³-hybridized carbons (Fsp3) is 0.800. The van der Waals surface area contributed by atoms with E-state index in [1.54, 1.807) is 0 Å². The van der Waals surface area contributed by atoms with Crippen molar-refractivity contribution in [1.82, 2.24) is 5.32 Å². The molecule has 1 atom stereocenters. The molecule has 1 saturated carbocycles. The molecular formula is C10H17NO3. The van der Waals surface area contributed by atoms with Crippen LogP contribution in [0.2, 0.25) is 0 Å². The molecule has 4 nitrogen and oxygen atoms in total. The van der Waals surface area contributed by atoms with Crippen LogP contribution in [0, 0.1) is 11.3 Å². The molecule has 0 spiro atoms. The Labute approximate surface area is 83.7 Å². The highest BCUT2D eigenvalue weighted by Crippen LogP contribution is 2.46. The number of rotatable bonds is 3. The Hall–Kier alpha value is -1.06. The second-order valence-corrected chi connectivity index (χ2v) is 4.85. The topological polar surface area (TPSA) is 66.4 Å². The van der Waals surface area contributed by atoms with Gasteiger partial charge in [0.05, 0.1) is 0 Å². The maximum atomic E-state index is 10.9. The molecule has 14 heavy (non-hydrogen) atoms. The van der Waals surface area contributed by atoms with Crippen LogP contribution in [-0.2, 0) is 9.59 Å². The average Bonchev–Trinajstić information content (AvgIpc) is 1.94. The Kier molecular flexibility index (Phi) is 2.83. The monoisotopic (exact) mass is 199 g/mol. The first-order chi connectivity index (χ1) is 6.32. The Morgan fingerprint density at radius 1 is 1.43 bits per heavy atom. The lowest BCUT2D eigenvalue weighted by atomic mass is 9.62. The van der Waals surface area contributed by atoms with Gasteiger partial charge in [-0.05, 0) is 24.2 Å². The van der Waals surface area contributed by atoms with Crippen LogP contribution in [0.25, 0.3) is 0 Å². The van der Waals surface area contributed by atoms with E-state index in [9.17, 15) is 9.59 Å². The number of carbonyl (C=O) groups is 2. The fourth-order valence-electron chi connectivity index (χ4n) is 2.20. The Bertz CT molecular complexity index is 252. The molecule has 0 aromatic rings. The molecule has 1 aliphatic carbocycles. The van der Waals surface area contributed by atoms with E-state index >= 15 is 0 Å². The van der Waals surface area contributed by atoms with E-state index in [2.05, 4.69) is 19.2 Å². The minimum absolute atomic E-state index is 0.0893. The summed E-state index contributed by atoms with van der Waals surface area (Å²) in [6.07, 6.45) is 1.73. The first kappa shape index (κ1) is 11.0. The van der Waals surface area contributed by atoms with Crippen LogP contribution in [0.4, 0.5) is 0 Å². The number of aliphatic carboxylic acids is 1. The molecule has 0 aliphatic heterocycles. The summed E-state index contributed by atoms with van der Waals surface area (Å²) in [4.78, 5) is 21.7. The summed E-state index contributed by atoms with van der Waals surface area (Å²) in [7, 11) is 0. The van der Waals surface area contributed by atoms with Gasteiger partial charge >= 0.3 is 5.97 Å². The lowest BCUT2D eigenvalue weighted by Crippen LogP contribution is -2.51. The number of nitrogens with one attached hydrogen (secondary N) is 1. The van der Waals surface area contributed by atoms with Gasteiger partial charge in [0.15, 0.2) is 0 Å². The average molecular weight is 199 g/mol. The molecule has 0 bridgehead atoms. The zero-order valence-corrected chi connectivity index (χ0v) is 8.83. The third-order valence-electron chi connectivity index (χ3n) is 2.73. The van der Waals surface area contributed by atoms with Crippen molar-refractivity contribution in [3.63, 3.8) is 0 Å². The lowest BCUT2D eigenvalue weighted by Gasteiger charge is -2.45. The van der Waals surface area contributed by atoms with Crippen LogP contribution in [-0.4, -0.2) is 23.0 Å². The molecule has 0 saturated heterocycles. The van der Waals surface area contributed by atoms with Gasteiger partial charge in [0.1, 0.15) is 6.04 Å². The third-order valence-corrected chi connectivity index (χ3v) is 2.73. The minimum atomic E-state index is -0.930. The van der Waals surface area contributed by atoms with Crippen LogP contribution in [0.15, 0.2) is 0 Å². The molecule has 80 valence electrons. The summed E-state index contributed by atoms with van der Waals surface area (Å²) in [6.45, 7) is 5.56. The zero-order valence-electron chi connectivity index (χ0n) is 8.83. The van der Waals surface area contributed by atoms with Gasteiger partial charge in [-0.1, -0.05) is 13.8 Å². The van der Waals surface area contributed by atoms with Crippen molar-refractivity contribution in [3.8, 4) is 0 Å². The van der Waals surface area contributed by atoms with Crippen LogP contribution in [0.3, 0.4) is 0 Å². The number of carbonyl (C=O) groups excluding carboxylic acids is 1. The van der Waals surface area contributed by atoms with Gasteiger partial charge in [0.25, 0.3) is 0 Å². The second-order valence-electron chi connectivity index (χ2n) is 4.85. The highest BCUT2D eigenvalue weighted by Gasteiger charge is 2.43. The summed E-state index contributed by atoms with van der Waals surface area (Å²) >= 11 is 0. The van der Waals surface area contributed by atoms with Crippen molar-refractivity contribution in [1.29, 1.82) is 0 Å². The van der Waals surface area contributed by atoms with Crippen LogP contribution < -0.4 is 5.32 Å². The SMILES string of the molecule is CC(=O)NC(C(=O)O)C1CC(C)(C)C1. The van der Waals surface area contributed by atoms with Crippen molar-refractivity contribution in [2.75, 3.05) is 0 Å². The molecule has 1 unspecified atom stereocenters. The molecule has 0 heterocycles. The van der Waals surface area contributed by atoms with Crippen LogP contribution in [0.5, 0.6) is 0 Å². The summed E-state index contributed by atoms with van der Waals surface area (Å²) in [5.74, 6) is -1.12. The standard InChI is InChI=1S/C10H17NO3/c1-6(12)11-8(9(13)14)7-4-10(2,3)5-7/h7-8H,4-5H2,1-3H3,(H,11,12)(H,13,14). The Morgan fingerprint density at radius 2 is 1.93 bits per heavy atom. The quantitative estimate of drug-likeness (QED) is 0.713. The molecule has 0 radical (unpaired) electrons. The summed E-state index contributed by atoms with van der Waals surface area (Å²) in [6, 6.07) is -0.708. The van der Waals surface area contributed by atoms with Gasteiger partial charge in [-0.15, -0.1) is 0 Å². The van der Waals surface area contributed by atoms with E-state index in [-0.39, 0.29) is 17.2 Å². The number of amides is 1. The summed E-state index contributed by atoms with van der Waals surface area (Å²) in [5.41, 5.74) is 0.233. The van der Waals surface area contributed by atoms with Gasteiger partial charge in [0.2, 0.25) is 5.91 Å². The Morgan fingerprint density at radius 3 is 2.21 bits per heavy atom. The van der Waals surface area contributed by atoms with E-state index in [0.717, 1.165) is 12.8 Å². The van der Waals surface area contributed by atoms with Crippen molar-refractivity contribution in [2.45, 2.75) is 39.7 Å². The number of hydrogen-bond acceptors (Lipinski definition) is 2. The summed E-state index contributed by atoms with van der Waals surface area (Å²) < 4.78 is 0. The van der Waals surface area contributed by atoms with Crippen molar-refractivity contribution in [3.05, 3.63) is 0 Å². The van der Waals surface area contributed by atoms with E-state index in [4.69, 9.17) is 5.11 Å².